The van der Waals surface area contributed by atoms with E-state index in [-0.39, 0.29) is 17.7 Å². The molecule has 7 heteroatoms. The van der Waals surface area contributed by atoms with Crippen LogP contribution in [0, 0.1) is 18.8 Å². The zero-order valence-electron chi connectivity index (χ0n) is 18.7. The summed E-state index contributed by atoms with van der Waals surface area (Å²) >= 11 is 6.46. The smallest absolute Gasteiger partial charge is 0.237 e. The van der Waals surface area contributed by atoms with Crippen molar-refractivity contribution in [2.24, 2.45) is 11.8 Å². The number of fused-ring (bicyclic) bond motifs is 3. The second-order valence-corrected chi connectivity index (χ2v) is 9.66. The van der Waals surface area contributed by atoms with Crippen molar-refractivity contribution in [1.29, 1.82) is 0 Å². The number of ether oxygens (including phenoxy) is 1. The van der Waals surface area contributed by atoms with Gasteiger partial charge in [-0.2, -0.15) is 0 Å². The Morgan fingerprint density at radius 2 is 1.43 bits per heavy atom. The lowest BCUT2D eigenvalue weighted by Gasteiger charge is -2.27. The molecule has 3 aromatic rings. The third kappa shape index (κ3) is 2.93. The van der Waals surface area contributed by atoms with E-state index in [1.807, 2.05) is 31.2 Å². The Labute approximate surface area is 206 Å². The number of hydrogen-bond acceptors (Lipinski definition) is 5. The summed E-state index contributed by atoms with van der Waals surface area (Å²) in [5.74, 6) is -4.53. The van der Waals surface area contributed by atoms with Gasteiger partial charge in [-0.3, -0.25) is 24.1 Å². The maximum Gasteiger partial charge on any atom is 0.237 e. The molecule has 6 nitrogen and oxygen atoms in total. The van der Waals surface area contributed by atoms with Gasteiger partial charge in [0, 0.05) is 21.7 Å². The minimum absolute atomic E-state index is 0.0472. The topological polar surface area (TPSA) is 80.8 Å². The fourth-order valence-corrected chi connectivity index (χ4v) is 5.84. The van der Waals surface area contributed by atoms with Gasteiger partial charge in [-0.25, -0.2) is 0 Å². The number of nitrogens with zero attached hydrogens (tertiary/aromatic N) is 1. The largest absolute Gasteiger partial charge is 0.349 e. The summed E-state index contributed by atoms with van der Waals surface area (Å²) in [5.41, 5.74) is 0.606. The van der Waals surface area contributed by atoms with E-state index in [1.165, 1.54) is 0 Å². The average molecular weight is 486 g/mol. The number of Topliss-reactive ketones (excluding diaryl/α,β-unsaturated/α-hetero) is 2. The van der Waals surface area contributed by atoms with Gasteiger partial charge in [0.05, 0.1) is 24.5 Å². The third-order valence-corrected chi connectivity index (χ3v) is 7.63. The van der Waals surface area contributed by atoms with E-state index in [0.717, 1.165) is 16.0 Å². The molecule has 35 heavy (non-hydrogen) atoms. The van der Waals surface area contributed by atoms with E-state index in [1.54, 1.807) is 48.5 Å². The van der Waals surface area contributed by atoms with Crippen molar-refractivity contribution < 1.29 is 23.9 Å². The molecule has 2 heterocycles. The number of halogens is 1. The number of hydrogen-bond donors (Lipinski definition) is 0. The molecule has 3 atom stereocenters. The van der Waals surface area contributed by atoms with Crippen LogP contribution in [0.1, 0.15) is 43.5 Å². The van der Waals surface area contributed by atoms with E-state index in [2.05, 4.69) is 0 Å². The number of ketones is 2. The number of aryl methyl sites for hydroxylation is 1. The van der Waals surface area contributed by atoms with E-state index >= 15 is 0 Å². The molecular weight excluding hydrogens is 466 g/mol. The highest BCUT2D eigenvalue weighted by Crippen LogP contribution is 2.58. The molecule has 1 spiro atoms. The van der Waals surface area contributed by atoms with Crippen LogP contribution >= 0.6 is 11.6 Å². The monoisotopic (exact) mass is 485 g/mol. The molecule has 3 aliphatic rings. The summed E-state index contributed by atoms with van der Waals surface area (Å²) in [7, 11) is 0. The molecule has 2 amide bonds. The standard InChI is InChI=1S/C28H20ClNO5/c1-15-10-12-16(13-11-15)14-30-26(33)21-22(27(30)34)28(35-23(21)19-8-4-5-9-20(19)29)24(31)17-6-2-3-7-18(17)25(28)32/h2-13,21-23H,14H2,1H3/t21-,22-,23-/m0/s1. The van der Waals surface area contributed by atoms with Crippen molar-refractivity contribution in [3.63, 3.8) is 0 Å². The molecule has 2 fully saturated rings. The van der Waals surface area contributed by atoms with Gasteiger partial charge in [0.15, 0.2) is 0 Å². The van der Waals surface area contributed by atoms with Crippen LogP contribution in [0.5, 0.6) is 0 Å². The Bertz CT molecular complexity index is 1390. The first kappa shape index (κ1) is 21.9. The van der Waals surface area contributed by atoms with E-state index in [9.17, 15) is 19.2 Å². The van der Waals surface area contributed by atoms with Crippen molar-refractivity contribution in [3.8, 4) is 0 Å². The van der Waals surface area contributed by atoms with Gasteiger partial charge in [-0.15, -0.1) is 0 Å². The zero-order chi connectivity index (χ0) is 24.5. The van der Waals surface area contributed by atoms with Gasteiger partial charge in [-0.05, 0) is 18.6 Å². The summed E-state index contributed by atoms with van der Waals surface area (Å²) in [6.45, 7) is 2.00. The highest BCUT2D eigenvalue weighted by atomic mass is 35.5. The number of likely N-dealkylation sites (tertiary alicyclic amines) is 1. The molecule has 2 saturated heterocycles. The van der Waals surface area contributed by atoms with E-state index < -0.39 is 46.9 Å². The highest BCUT2D eigenvalue weighted by molar-refractivity contribution is 6.35. The first-order valence-corrected chi connectivity index (χ1v) is 11.7. The molecule has 0 aromatic heterocycles. The maximum absolute atomic E-state index is 13.8. The third-order valence-electron chi connectivity index (χ3n) is 7.28. The van der Waals surface area contributed by atoms with Gasteiger partial charge in [-0.1, -0.05) is 83.9 Å². The molecule has 0 N–H and O–H groups in total. The number of carbonyl (C=O) groups excluding carboxylic acids is 4. The van der Waals surface area contributed by atoms with Gasteiger partial charge in [0.1, 0.15) is 0 Å². The molecular formula is C28H20ClNO5. The van der Waals surface area contributed by atoms with Gasteiger partial charge in [0.2, 0.25) is 29.0 Å². The predicted octanol–water partition coefficient (Wildman–Crippen LogP) is 4.34. The summed E-state index contributed by atoms with van der Waals surface area (Å²) in [4.78, 5) is 56.2. The molecule has 3 aromatic carbocycles. The first-order valence-electron chi connectivity index (χ1n) is 11.4. The molecule has 0 bridgehead atoms. The van der Waals surface area contributed by atoms with Crippen molar-refractivity contribution >= 4 is 35.0 Å². The predicted molar refractivity (Wildman–Crippen MR) is 127 cm³/mol. The van der Waals surface area contributed by atoms with E-state index in [0.29, 0.717) is 10.6 Å². The molecule has 1 aliphatic carbocycles. The minimum atomic E-state index is -2.09. The van der Waals surface area contributed by atoms with Crippen molar-refractivity contribution in [2.75, 3.05) is 0 Å². The second kappa shape index (κ2) is 7.70. The van der Waals surface area contributed by atoms with Crippen LogP contribution in [0.3, 0.4) is 0 Å². The van der Waals surface area contributed by atoms with Crippen LogP contribution in [0.15, 0.2) is 72.8 Å². The lowest BCUT2D eigenvalue weighted by Crippen LogP contribution is -2.50. The summed E-state index contributed by atoms with van der Waals surface area (Å²) in [6, 6.07) is 20.8. The number of benzene rings is 3. The lowest BCUT2D eigenvalue weighted by molar-refractivity contribution is -0.145. The lowest BCUT2D eigenvalue weighted by atomic mass is 9.77. The normalized spacial score (nSPS) is 24.4. The highest BCUT2D eigenvalue weighted by Gasteiger charge is 2.74. The molecule has 0 radical (unpaired) electrons. The molecule has 2 aliphatic heterocycles. The zero-order valence-corrected chi connectivity index (χ0v) is 19.5. The fraction of sp³-hybridized carbons (Fsp3) is 0.214. The molecule has 0 unspecified atom stereocenters. The van der Waals surface area contributed by atoms with Crippen molar-refractivity contribution in [1.82, 2.24) is 4.90 Å². The Balaban J connectivity index is 1.49. The summed E-state index contributed by atoms with van der Waals surface area (Å²) in [6.07, 6.45) is -1.02. The minimum Gasteiger partial charge on any atom is -0.349 e. The Hall–Kier alpha value is -3.61. The first-order chi connectivity index (χ1) is 16.8. The van der Waals surface area contributed by atoms with Crippen LogP contribution in [0.25, 0.3) is 0 Å². The quantitative estimate of drug-likeness (QED) is 0.407. The second-order valence-electron chi connectivity index (χ2n) is 9.25. The Kier molecular flexibility index (Phi) is 4.82. The SMILES string of the molecule is Cc1ccc(CN2C(=O)[C@H]3[C@@H](C2=O)C2(O[C@H]3c3ccccc3Cl)C(=O)c3ccccc3C2=O)cc1. The number of amides is 2. The Morgan fingerprint density at radius 1 is 0.829 bits per heavy atom. The van der Waals surface area contributed by atoms with Gasteiger partial charge in [0.25, 0.3) is 0 Å². The van der Waals surface area contributed by atoms with Crippen LogP contribution in [0.4, 0.5) is 0 Å². The van der Waals surface area contributed by atoms with Crippen LogP contribution < -0.4 is 0 Å². The maximum atomic E-state index is 13.8. The van der Waals surface area contributed by atoms with E-state index in [4.69, 9.17) is 16.3 Å². The van der Waals surface area contributed by atoms with Crippen molar-refractivity contribution in [2.45, 2.75) is 25.2 Å². The molecule has 174 valence electrons. The van der Waals surface area contributed by atoms with Gasteiger partial charge >= 0.3 is 0 Å². The van der Waals surface area contributed by atoms with Crippen LogP contribution in [-0.4, -0.2) is 33.9 Å². The number of carbonyl (C=O) groups is 4. The average Bonchev–Trinajstić information content (AvgIpc) is 3.42. The summed E-state index contributed by atoms with van der Waals surface area (Å²) < 4.78 is 6.25. The van der Waals surface area contributed by atoms with Crippen molar-refractivity contribution in [3.05, 3.63) is 106 Å². The Morgan fingerprint density at radius 3 is 2.06 bits per heavy atom. The molecule has 6 rings (SSSR count). The van der Waals surface area contributed by atoms with Crippen LogP contribution in [0.2, 0.25) is 5.02 Å². The fourth-order valence-electron chi connectivity index (χ4n) is 5.60. The summed E-state index contributed by atoms with van der Waals surface area (Å²) in [5, 5.41) is 0.334. The number of imide groups is 1. The number of rotatable bonds is 3. The van der Waals surface area contributed by atoms with Gasteiger partial charge < -0.3 is 4.74 Å². The van der Waals surface area contributed by atoms with Crippen LogP contribution in [-0.2, 0) is 20.9 Å². The molecule has 0 saturated carbocycles.